The van der Waals surface area contributed by atoms with Gasteiger partial charge in [0.1, 0.15) is 17.3 Å². The lowest BCUT2D eigenvalue weighted by Crippen LogP contribution is -2.39. The van der Waals surface area contributed by atoms with E-state index in [0.717, 1.165) is 54.4 Å². The number of halogens is 3. The second-order valence-electron chi connectivity index (χ2n) is 11.6. The number of ether oxygens (including phenoxy) is 2. The second kappa shape index (κ2) is 14.8. The van der Waals surface area contributed by atoms with E-state index in [0.29, 0.717) is 35.7 Å². The first-order valence-electron chi connectivity index (χ1n) is 15.3. The highest BCUT2D eigenvalue weighted by molar-refractivity contribution is 7.87. The topological polar surface area (TPSA) is 65.1 Å². The highest BCUT2D eigenvalue weighted by Crippen LogP contribution is 2.48. The van der Waals surface area contributed by atoms with Gasteiger partial charge in [0.2, 0.25) is 0 Å². The van der Waals surface area contributed by atoms with Gasteiger partial charge < -0.3 is 13.7 Å². The summed E-state index contributed by atoms with van der Waals surface area (Å²) < 4.78 is 82.4. The Hall–Kier alpha value is -3.76. The monoisotopic (exact) mass is 657 g/mol. The summed E-state index contributed by atoms with van der Waals surface area (Å²) in [5.74, 6) is 0.973. The maximum atomic E-state index is 13.8. The summed E-state index contributed by atoms with van der Waals surface area (Å²) >= 11 is 0. The molecule has 1 fully saturated rings. The molecular weight excluding hydrogens is 615 g/mol. The summed E-state index contributed by atoms with van der Waals surface area (Å²) in [4.78, 5) is 2.11. The van der Waals surface area contributed by atoms with Crippen molar-refractivity contribution in [3.63, 3.8) is 0 Å². The van der Waals surface area contributed by atoms with Crippen molar-refractivity contribution in [1.29, 1.82) is 0 Å². The molecule has 10 heteroatoms. The summed E-state index contributed by atoms with van der Waals surface area (Å²) in [6, 6.07) is 14.0. The van der Waals surface area contributed by atoms with E-state index in [9.17, 15) is 21.6 Å². The molecule has 1 heterocycles. The van der Waals surface area contributed by atoms with Gasteiger partial charge in [-0.05, 0) is 67.0 Å². The third kappa shape index (κ3) is 7.44. The predicted molar refractivity (Wildman–Crippen MR) is 175 cm³/mol. The van der Waals surface area contributed by atoms with Gasteiger partial charge in [-0.3, -0.25) is 4.90 Å². The Bertz CT molecular complexity index is 1640. The molecule has 2 aliphatic rings. The summed E-state index contributed by atoms with van der Waals surface area (Å²) in [5.41, 5.74) is -0.784. The third-order valence-electron chi connectivity index (χ3n) is 8.60. The van der Waals surface area contributed by atoms with Crippen LogP contribution in [0.3, 0.4) is 0 Å². The predicted octanol–water partition coefficient (Wildman–Crippen LogP) is 8.97. The van der Waals surface area contributed by atoms with Gasteiger partial charge in [0.15, 0.2) is 0 Å². The summed E-state index contributed by atoms with van der Waals surface area (Å²) in [5, 5.41) is 0. The minimum Gasteiger partial charge on any atom is -0.497 e. The normalized spacial score (nSPS) is 19.9. The van der Waals surface area contributed by atoms with Crippen molar-refractivity contribution in [1.82, 2.24) is 4.90 Å². The molecule has 1 saturated carbocycles. The van der Waals surface area contributed by atoms with Crippen LogP contribution in [0.25, 0.3) is 0 Å². The average molecular weight is 658 g/mol. The average Bonchev–Trinajstić information content (AvgIpc) is 3.04. The molecule has 46 heavy (non-hydrogen) atoms. The lowest BCUT2D eigenvalue weighted by Gasteiger charge is -2.42. The summed E-state index contributed by atoms with van der Waals surface area (Å²) in [6.45, 7) is 12.4. The van der Waals surface area contributed by atoms with E-state index in [2.05, 4.69) is 18.1 Å². The number of nitrogens with zero attached hydrogens (tertiary/aromatic N) is 1. The molecule has 4 rings (SSSR count). The smallest absolute Gasteiger partial charge is 0.497 e. The largest absolute Gasteiger partial charge is 0.534 e. The van der Waals surface area contributed by atoms with Gasteiger partial charge in [-0.1, -0.05) is 80.5 Å². The lowest BCUT2D eigenvalue weighted by atomic mass is 9.75. The van der Waals surface area contributed by atoms with Gasteiger partial charge in [0.05, 0.1) is 20.3 Å². The van der Waals surface area contributed by atoms with Gasteiger partial charge in [-0.25, -0.2) is 0 Å². The van der Waals surface area contributed by atoms with E-state index in [1.165, 1.54) is 13.0 Å². The molecule has 0 saturated heterocycles. The van der Waals surface area contributed by atoms with Crippen LogP contribution < -0.4 is 9.47 Å². The van der Waals surface area contributed by atoms with Gasteiger partial charge in [0, 0.05) is 30.3 Å². The van der Waals surface area contributed by atoms with Crippen LogP contribution in [0, 0.1) is 5.92 Å². The van der Waals surface area contributed by atoms with E-state index in [4.69, 9.17) is 13.7 Å². The molecule has 0 spiro atoms. The van der Waals surface area contributed by atoms with Crippen LogP contribution in [0.15, 0.2) is 107 Å². The number of alkyl halides is 3. The third-order valence-corrected chi connectivity index (χ3v) is 9.57. The van der Waals surface area contributed by atoms with Crippen molar-refractivity contribution in [2.45, 2.75) is 64.0 Å². The Labute approximate surface area is 270 Å². The van der Waals surface area contributed by atoms with Crippen molar-refractivity contribution >= 4 is 10.1 Å². The summed E-state index contributed by atoms with van der Waals surface area (Å²) in [7, 11) is -2.87. The standard InChI is InChI=1S/C36H42F3NO5S/c1-7-29(25-15-11-9-12-16-25)30-23-40(22-27-19-20-28(43-5)21-32(27)44-6)35(26-17-13-10-14-18-26)34(33(30)24(3)4)31(8-2)45-46(41,42)36(37,38)39/h7-8,10,13-14,17-21,25,35H,1,3,9,11-12,15-16,22-23H2,2,4-6H3/b30-29+,31-8+. The molecule has 2 aromatic carbocycles. The van der Waals surface area contributed by atoms with Crippen molar-refractivity contribution in [3.8, 4) is 11.5 Å². The Balaban J connectivity index is 2.07. The number of allylic oxidation sites excluding steroid dienone is 4. The first kappa shape index (κ1) is 35.1. The Kier molecular flexibility index (Phi) is 11.3. The van der Waals surface area contributed by atoms with Crippen molar-refractivity contribution in [2.75, 3.05) is 20.8 Å². The van der Waals surface area contributed by atoms with Crippen LogP contribution in [0.1, 0.15) is 63.1 Å². The van der Waals surface area contributed by atoms with Gasteiger partial charge in [-0.15, -0.1) is 0 Å². The van der Waals surface area contributed by atoms with Crippen LogP contribution >= 0.6 is 0 Å². The molecule has 0 aromatic heterocycles. The minimum absolute atomic E-state index is 0.191. The number of rotatable bonds is 11. The van der Waals surface area contributed by atoms with E-state index in [1.807, 2.05) is 48.5 Å². The molecule has 1 atom stereocenters. The summed E-state index contributed by atoms with van der Waals surface area (Å²) in [6.07, 6.45) is 8.27. The molecule has 0 radical (unpaired) electrons. The molecule has 6 nitrogen and oxygen atoms in total. The van der Waals surface area contributed by atoms with E-state index in [-0.39, 0.29) is 11.5 Å². The molecular formula is C36H42F3NO5S. The SMILES string of the molecule is C=C/C(=C1/CN(Cc2ccc(OC)cc2OC)C(c2ccccc2)C(C(=C\C)/OS(=O)(=O)C(F)(F)F)=C1C(=C)C)C1CCCCC1. The molecule has 1 aliphatic carbocycles. The second-order valence-corrected chi connectivity index (χ2v) is 13.1. The van der Waals surface area contributed by atoms with Crippen molar-refractivity contribution in [3.05, 3.63) is 119 Å². The van der Waals surface area contributed by atoms with Gasteiger partial charge in [0.25, 0.3) is 0 Å². The van der Waals surface area contributed by atoms with E-state index < -0.39 is 27.4 Å². The molecule has 0 N–H and O–H groups in total. The Morgan fingerprint density at radius 3 is 2.26 bits per heavy atom. The van der Waals surface area contributed by atoms with Gasteiger partial charge >= 0.3 is 15.6 Å². The fourth-order valence-corrected chi connectivity index (χ4v) is 7.08. The lowest BCUT2D eigenvalue weighted by molar-refractivity contribution is -0.0521. The van der Waals surface area contributed by atoms with E-state index >= 15 is 0 Å². The molecule has 1 aliphatic heterocycles. The van der Waals surface area contributed by atoms with E-state index in [1.54, 1.807) is 27.2 Å². The first-order valence-corrected chi connectivity index (χ1v) is 16.7. The maximum absolute atomic E-state index is 13.8. The Morgan fingerprint density at radius 1 is 1.04 bits per heavy atom. The molecule has 0 amide bonds. The maximum Gasteiger partial charge on any atom is 0.534 e. The van der Waals surface area contributed by atoms with Crippen LogP contribution in [0.5, 0.6) is 11.5 Å². The molecule has 1 unspecified atom stereocenters. The number of hydrogen-bond acceptors (Lipinski definition) is 6. The molecule has 248 valence electrons. The van der Waals surface area contributed by atoms with Crippen molar-refractivity contribution < 1.29 is 35.2 Å². The number of benzene rings is 2. The Morgan fingerprint density at radius 2 is 1.72 bits per heavy atom. The van der Waals surface area contributed by atoms with Gasteiger partial charge in [-0.2, -0.15) is 21.6 Å². The van der Waals surface area contributed by atoms with Crippen LogP contribution in [0.4, 0.5) is 13.2 Å². The highest BCUT2D eigenvalue weighted by Gasteiger charge is 2.50. The number of hydrogen-bond donors (Lipinski definition) is 0. The zero-order chi connectivity index (χ0) is 33.6. The van der Waals surface area contributed by atoms with Crippen LogP contribution in [0.2, 0.25) is 0 Å². The minimum atomic E-state index is -5.99. The van der Waals surface area contributed by atoms with Crippen molar-refractivity contribution in [2.24, 2.45) is 5.92 Å². The molecule has 2 aromatic rings. The van der Waals surface area contributed by atoms with Crippen LogP contribution in [-0.2, 0) is 20.8 Å². The zero-order valence-corrected chi connectivity index (χ0v) is 27.6. The fourth-order valence-electron chi connectivity index (χ4n) is 6.56. The first-order chi connectivity index (χ1) is 21.9. The molecule has 0 bridgehead atoms. The zero-order valence-electron chi connectivity index (χ0n) is 26.8. The highest BCUT2D eigenvalue weighted by atomic mass is 32.2. The number of methoxy groups -OCH3 is 2. The fraction of sp³-hybridized carbons (Fsp3) is 0.389. The quantitative estimate of drug-likeness (QED) is 0.137. The van der Waals surface area contributed by atoms with Crippen LogP contribution in [-0.4, -0.2) is 39.6 Å².